The molecule has 0 aliphatic rings. The average molecular weight is 297 g/mol. The highest BCUT2D eigenvalue weighted by molar-refractivity contribution is 5.66. The van der Waals surface area contributed by atoms with Crippen molar-refractivity contribution >= 4 is 12.1 Å². The topological polar surface area (TPSA) is 97.1 Å². The molecule has 0 radical (unpaired) electrons. The average Bonchev–Trinajstić information content (AvgIpc) is 2.46. The van der Waals surface area contributed by atoms with Crippen molar-refractivity contribution in [3.05, 3.63) is 23.8 Å². The number of esters is 1. The highest BCUT2D eigenvalue weighted by Gasteiger charge is 2.20. The molecule has 7 nitrogen and oxygen atoms in total. The number of benzene rings is 1. The van der Waals surface area contributed by atoms with Crippen LogP contribution in [0.4, 0.5) is 4.79 Å². The lowest BCUT2D eigenvalue weighted by atomic mass is 9.99. The first-order valence-electron chi connectivity index (χ1n) is 6.25. The van der Waals surface area contributed by atoms with E-state index in [0.29, 0.717) is 11.5 Å². The summed E-state index contributed by atoms with van der Waals surface area (Å²) in [6, 6.07) is 5.19. The fraction of sp³-hybridized carbons (Fsp3) is 0.429. The highest BCUT2D eigenvalue weighted by atomic mass is 16.6. The van der Waals surface area contributed by atoms with Crippen LogP contribution in [0.2, 0.25) is 0 Å². The zero-order valence-corrected chi connectivity index (χ0v) is 12.3. The SMILES string of the molecule is COc1ccc([C@@H](COC(C)=O)COC(N)=O)c(OC)c1. The molecule has 2 N–H and O–H groups in total. The Kier molecular flexibility index (Phi) is 6.32. The fourth-order valence-electron chi connectivity index (χ4n) is 1.78. The number of rotatable bonds is 7. The Hall–Kier alpha value is -2.44. The second-order valence-corrected chi connectivity index (χ2v) is 4.24. The minimum atomic E-state index is -0.893. The van der Waals surface area contributed by atoms with E-state index >= 15 is 0 Å². The molecule has 21 heavy (non-hydrogen) atoms. The summed E-state index contributed by atoms with van der Waals surface area (Å²) in [6.07, 6.45) is -0.893. The number of ether oxygens (including phenoxy) is 4. The number of hydrogen-bond donors (Lipinski definition) is 1. The second kappa shape index (κ2) is 7.98. The van der Waals surface area contributed by atoms with Crippen LogP contribution in [0.25, 0.3) is 0 Å². The molecule has 0 unspecified atom stereocenters. The zero-order valence-electron chi connectivity index (χ0n) is 12.3. The third kappa shape index (κ3) is 5.21. The van der Waals surface area contributed by atoms with Gasteiger partial charge in [0, 0.05) is 18.6 Å². The molecule has 0 spiro atoms. The molecule has 0 bridgehead atoms. The van der Waals surface area contributed by atoms with Gasteiger partial charge >= 0.3 is 12.1 Å². The second-order valence-electron chi connectivity index (χ2n) is 4.24. The molecule has 7 heteroatoms. The first-order valence-corrected chi connectivity index (χ1v) is 6.25. The minimum Gasteiger partial charge on any atom is -0.497 e. The maximum absolute atomic E-state index is 11.0. The molecule has 0 aliphatic heterocycles. The lowest BCUT2D eigenvalue weighted by Crippen LogP contribution is -2.22. The van der Waals surface area contributed by atoms with Crippen molar-refractivity contribution in [1.82, 2.24) is 0 Å². The Balaban J connectivity index is 2.99. The quantitative estimate of drug-likeness (QED) is 0.765. The van der Waals surface area contributed by atoms with Gasteiger partial charge in [0.2, 0.25) is 0 Å². The number of primary amides is 1. The van der Waals surface area contributed by atoms with E-state index in [-0.39, 0.29) is 19.1 Å². The molecule has 0 aromatic heterocycles. The van der Waals surface area contributed by atoms with Gasteiger partial charge in [0.1, 0.15) is 24.7 Å². The number of methoxy groups -OCH3 is 2. The number of amides is 1. The molecule has 0 heterocycles. The number of hydrogen-bond acceptors (Lipinski definition) is 6. The molecule has 1 aromatic carbocycles. The molecule has 116 valence electrons. The van der Waals surface area contributed by atoms with Gasteiger partial charge < -0.3 is 24.7 Å². The monoisotopic (exact) mass is 297 g/mol. The lowest BCUT2D eigenvalue weighted by Gasteiger charge is -2.19. The van der Waals surface area contributed by atoms with Crippen molar-refractivity contribution in [1.29, 1.82) is 0 Å². The van der Waals surface area contributed by atoms with Crippen LogP contribution in [0, 0.1) is 0 Å². The van der Waals surface area contributed by atoms with E-state index in [1.807, 2.05) is 0 Å². The predicted molar refractivity (Wildman–Crippen MR) is 74.5 cm³/mol. The van der Waals surface area contributed by atoms with Crippen LogP contribution >= 0.6 is 0 Å². The van der Waals surface area contributed by atoms with Crippen molar-refractivity contribution in [2.45, 2.75) is 12.8 Å². The smallest absolute Gasteiger partial charge is 0.404 e. The first-order chi connectivity index (χ1) is 9.97. The van der Waals surface area contributed by atoms with Gasteiger partial charge in [-0.3, -0.25) is 4.79 Å². The van der Waals surface area contributed by atoms with Gasteiger partial charge in [0.05, 0.1) is 20.1 Å². The van der Waals surface area contributed by atoms with Gasteiger partial charge in [-0.25, -0.2) is 4.79 Å². The Morgan fingerprint density at radius 3 is 2.33 bits per heavy atom. The Morgan fingerprint density at radius 2 is 1.81 bits per heavy atom. The van der Waals surface area contributed by atoms with Crippen LogP contribution < -0.4 is 15.2 Å². The third-order valence-electron chi connectivity index (χ3n) is 2.80. The normalized spacial score (nSPS) is 11.4. The molecule has 0 saturated carbocycles. The molecule has 1 aromatic rings. The van der Waals surface area contributed by atoms with E-state index < -0.39 is 12.1 Å². The van der Waals surface area contributed by atoms with E-state index in [4.69, 9.17) is 24.7 Å². The Labute approximate surface area is 122 Å². The van der Waals surface area contributed by atoms with Crippen molar-refractivity contribution in [3.63, 3.8) is 0 Å². The van der Waals surface area contributed by atoms with Gasteiger partial charge in [-0.2, -0.15) is 0 Å². The van der Waals surface area contributed by atoms with Gasteiger partial charge in [0.15, 0.2) is 0 Å². The summed E-state index contributed by atoms with van der Waals surface area (Å²) in [6.45, 7) is 1.33. The molecular weight excluding hydrogens is 278 g/mol. The van der Waals surface area contributed by atoms with Crippen LogP contribution in [0.15, 0.2) is 18.2 Å². The van der Waals surface area contributed by atoms with Crippen LogP contribution in [0.1, 0.15) is 18.4 Å². The predicted octanol–water partition coefficient (Wildman–Crippen LogP) is 1.45. The molecule has 1 atom stereocenters. The highest BCUT2D eigenvalue weighted by Crippen LogP contribution is 2.31. The number of carbonyl (C=O) groups excluding carboxylic acids is 2. The van der Waals surface area contributed by atoms with Crippen molar-refractivity contribution in [2.75, 3.05) is 27.4 Å². The molecular formula is C14H19NO6. The zero-order chi connectivity index (χ0) is 15.8. The summed E-state index contributed by atoms with van der Waals surface area (Å²) in [4.78, 5) is 21.7. The maximum atomic E-state index is 11.0. The van der Waals surface area contributed by atoms with Crippen LogP contribution in [-0.4, -0.2) is 39.5 Å². The van der Waals surface area contributed by atoms with Crippen molar-refractivity contribution in [3.8, 4) is 11.5 Å². The Bertz CT molecular complexity index is 484. The molecule has 0 aliphatic carbocycles. The van der Waals surface area contributed by atoms with E-state index in [2.05, 4.69) is 0 Å². The van der Waals surface area contributed by atoms with E-state index in [0.717, 1.165) is 5.56 Å². The molecule has 0 fully saturated rings. The molecule has 0 saturated heterocycles. The van der Waals surface area contributed by atoms with Gasteiger partial charge in [-0.05, 0) is 6.07 Å². The lowest BCUT2D eigenvalue weighted by molar-refractivity contribution is -0.141. The minimum absolute atomic E-state index is 0.0225. The van der Waals surface area contributed by atoms with Crippen LogP contribution in [-0.2, 0) is 14.3 Å². The summed E-state index contributed by atoms with van der Waals surface area (Å²) < 4.78 is 20.2. The Morgan fingerprint density at radius 1 is 1.14 bits per heavy atom. The fourth-order valence-corrected chi connectivity index (χ4v) is 1.78. The number of nitrogens with two attached hydrogens (primary N) is 1. The maximum Gasteiger partial charge on any atom is 0.404 e. The standard InChI is InChI=1S/C14H19NO6/c1-9(16)20-7-10(8-21-14(15)17)12-5-4-11(18-2)6-13(12)19-3/h4-6,10H,7-8H2,1-3H3,(H2,15,17)/t10-/m0/s1. The van der Waals surface area contributed by atoms with Crippen molar-refractivity contribution < 1.29 is 28.5 Å². The van der Waals surface area contributed by atoms with E-state index in [9.17, 15) is 9.59 Å². The summed E-state index contributed by atoms with van der Waals surface area (Å²) in [5, 5.41) is 0. The van der Waals surface area contributed by atoms with E-state index in [1.165, 1.54) is 14.0 Å². The first kappa shape index (κ1) is 16.6. The van der Waals surface area contributed by atoms with Crippen LogP contribution in [0.5, 0.6) is 11.5 Å². The molecule has 1 rings (SSSR count). The van der Waals surface area contributed by atoms with Gasteiger partial charge in [-0.15, -0.1) is 0 Å². The van der Waals surface area contributed by atoms with Gasteiger partial charge in [-0.1, -0.05) is 6.07 Å². The number of carbonyl (C=O) groups is 2. The molecule has 1 amide bonds. The summed E-state index contributed by atoms with van der Waals surface area (Å²) in [5.41, 5.74) is 5.69. The van der Waals surface area contributed by atoms with Gasteiger partial charge in [0.25, 0.3) is 0 Å². The largest absolute Gasteiger partial charge is 0.497 e. The third-order valence-corrected chi connectivity index (χ3v) is 2.80. The van der Waals surface area contributed by atoms with Crippen LogP contribution in [0.3, 0.4) is 0 Å². The summed E-state index contributed by atoms with van der Waals surface area (Å²) >= 11 is 0. The summed E-state index contributed by atoms with van der Waals surface area (Å²) in [5.74, 6) is 0.353. The van der Waals surface area contributed by atoms with Crippen molar-refractivity contribution in [2.24, 2.45) is 5.73 Å². The van der Waals surface area contributed by atoms with E-state index in [1.54, 1.807) is 25.3 Å². The summed E-state index contributed by atoms with van der Waals surface area (Å²) in [7, 11) is 3.05.